The van der Waals surface area contributed by atoms with E-state index < -0.39 is 0 Å². The van der Waals surface area contributed by atoms with Crippen LogP contribution in [0.3, 0.4) is 0 Å². The van der Waals surface area contributed by atoms with E-state index in [-0.39, 0.29) is 11.9 Å². The maximum absolute atomic E-state index is 12.3. The van der Waals surface area contributed by atoms with E-state index >= 15 is 0 Å². The van der Waals surface area contributed by atoms with E-state index in [0.29, 0.717) is 6.54 Å². The minimum Gasteiger partial charge on any atom is -0.495 e. The maximum Gasteiger partial charge on any atom is 0.275 e. The summed E-state index contributed by atoms with van der Waals surface area (Å²) in [5.41, 5.74) is 1.15. The van der Waals surface area contributed by atoms with Crippen LogP contribution < -0.4 is 19.9 Å². The number of carbonyl (C=O) groups excluding carboxylic acids is 1. The van der Waals surface area contributed by atoms with E-state index in [2.05, 4.69) is 37.1 Å². The van der Waals surface area contributed by atoms with Gasteiger partial charge in [0.1, 0.15) is 5.75 Å². The summed E-state index contributed by atoms with van der Waals surface area (Å²) < 4.78 is 5.47. The van der Waals surface area contributed by atoms with E-state index in [1.807, 2.05) is 18.2 Å². The molecular weight excluding hydrogens is 326 g/mol. The van der Waals surface area contributed by atoms with Gasteiger partial charge in [-0.05, 0) is 31.4 Å². The Labute approximate surface area is 158 Å². The summed E-state index contributed by atoms with van der Waals surface area (Å²) in [5, 5.41) is 3.17. The van der Waals surface area contributed by atoms with Gasteiger partial charge >= 0.3 is 0 Å². The lowest BCUT2D eigenvalue weighted by atomic mass is 10.0. The minimum atomic E-state index is 0.183. The Morgan fingerprint density at radius 1 is 1.19 bits per heavy atom. The highest BCUT2D eigenvalue weighted by molar-refractivity contribution is 5.77. The molecule has 1 atom stereocenters. The molecule has 0 saturated carbocycles. The van der Waals surface area contributed by atoms with Crippen molar-refractivity contribution in [3.8, 4) is 5.75 Å². The first-order valence-corrected chi connectivity index (χ1v) is 10.0. The summed E-state index contributed by atoms with van der Waals surface area (Å²) in [7, 11) is 1.72. The standard InChI is InChI=1S/C21H35N3O2/c1-17(2)8-7-9-18(3)22-21(25)16-23-12-14-24(15-13-23)19-10-5-6-11-20(19)26-4/h5-6,10-11,17-18H,7-9,12-16H2,1-4H3,(H,22,25)/p+1/t18-/m0/s1. The van der Waals surface area contributed by atoms with Crippen molar-refractivity contribution in [2.24, 2.45) is 5.92 Å². The molecule has 0 aromatic heterocycles. The zero-order chi connectivity index (χ0) is 18.9. The number of methoxy groups -OCH3 is 1. The number of benzene rings is 1. The number of ether oxygens (including phenoxy) is 1. The van der Waals surface area contributed by atoms with Gasteiger partial charge in [-0.15, -0.1) is 0 Å². The lowest BCUT2D eigenvalue weighted by Crippen LogP contribution is -3.16. The van der Waals surface area contributed by atoms with Crippen LogP contribution in [-0.4, -0.2) is 51.8 Å². The minimum absolute atomic E-state index is 0.183. The van der Waals surface area contributed by atoms with Crippen molar-refractivity contribution in [3.63, 3.8) is 0 Å². The predicted octanol–water partition coefficient (Wildman–Crippen LogP) is 1.73. The molecule has 146 valence electrons. The smallest absolute Gasteiger partial charge is 0.275 e. The zero-order valence-electron chi connectivity index (χ0n) is 16.9. The lowest BCUT2D eigenvalue weighted by molar-refractivity contribution is -0.892. The molecule has 1 amide bonds. The van der Waals surface area contributed by atoms with E-state index in [1.54, 1.807) is 7.11 Å². The van der Waals surface area contributed by atoms with E-state index in [0.717, 1.165) is 50.0 Å². The van der Waals surface area contributed by atoms with Crippen molar-refractivity contribution < 1.29 is 14.4 Å². The van der Waals surface area contributed by atoms with E-state index in [9.17, 15) is 4.79 Å². The SMILES string of the molecule is COc1ccccc1N1CC[NH+](CC(=O)N[C@@H](C)CCCC(C)C)CC1. The second-order valence-electron chi connectivity index (χ2n) is 7.88. The van der Waals surface area contributed by atoms with Gasteiger partial charge in [0.05, 0.1) is 39.0 Å². The molecular formula is C21H36N3O2+. The van der Waals surface area contributed by atoms with Gasteiger partial charge in [-0.1, -0.05) is 38.8 Å². The molecule has 1 heterocycles. The highest BCUT2D eigenvalue weighted by Gasteiger charge is 2.24. The van der Waals surface area contributed by atoms with Crippen LogP contribution in [0.2, 0.25) is 0 Å². The van der Waals surface area contributed by atoms with Crippen LogP contribution >= 0.6 is 0 Å². The monoisotopic (exact) mass is 362 g/mol. The number of nitrogens with one attached hydrogen (secondary N) is 2. The molecule has 26 heavy (non-hydrogen) atoms. The number of hydrogen-bond acceptors (Lipinski definition) is 3. The van der Waals surface area contributed by atoms with Gasteiger partial charge in [0.15, 0.2) is 6.54 Å². The van der Waals surface area contributed by atoms with Crippen molar-refractivity contribution in [1.29, 1.82) is 0 Å². The van der Waals surface area contributed by atoms with Crippen molar-refractivity contribution in [2.75, 3.05) is 44.7 Å². The predicted molar refractivity (Wildman–Crippen MR) is 107 cm³/mol. The van der Waals surface area contributed by atoms with Crippen LogP contribution in [0.1, 0.15) is 40.0 Å². The Morgan fingerprint density at radius 3 is 2.54 bits per heavy atom. The van der Waals surface area contributed by atoms with Gasteiger partial charge < -0.3 is 19.9 Å². The summed E-state index contributed by atoms with van der Waals surface area (Å²) >= 11 is 0. The van der Waals surface area contributed by atoms with Gasteiger partial charge in [-0.2, -0.15) is 0 Å². The second-order valence-corrected chi connectivity index (χ2v) is 7.88. The third-order valence-corrected chi connectivity index (χ3v) is 5.13. The van der Waals surface area contributed by atoms with Gasteiger partial charge in [0, 0.05) is 6.04 Å². The van der Waals surface area contributed by atoms with E-state index in [1.165, 1.54) is 17.7 Å². The number of piperazine rings is 1. The molecule has 5 heteroatoms. The number of para-hydroxylation sites is 2. The molecule has 0 spiro atoms. The summed E-state index contributed by atoms with van der Waals surface area (Å²) in [6, 6.07) is 8.43. The highest BCUT2D eigenvalue weighted by atomic mass is 16.5. The Kier molecular flexibility index (Phi) is 8.23. The molecule has 0 aliphatic carbocycles. The molecule has 1 aliphatic rings. The number of hydrogen-bond donors (Lipinski definition) is 2. The van der Waals surface area contributed by atoms with Crippen LogP contribution in [0.4, 0.5) is 5.69 Å². The molecule has 0 unspecified atom stereocenters. The molecule has 1 aromatic carbocycles. The summed E-state index contributed by atoms with van der Waals surface area (Å²) in [5.74, 6) is 1.84. The fourth-order valence-electron chi connectivity index (χ4n) is 3.59. The van der Waals surface area contributed by atoms with Crippen LogP contribution in [0.5, 0.6) is 5.75 Å². The third kappa shape index (κ3) is 6.52. The first-order chi connectivity index (χ1) is 12.5. The largest absolute Gasteiger partial charge is 0.495 e. The number of anilines is 1. The zero-order valence-corrected chi connectivity index (χ0v) is 16.9. The quantitative estimate of drug-likeness (QED) is 0.703. The van der Waals surface area contributed by atoms with Gasteiger partial charge in [-0.3, -0.25) is 4.79 Å². The van der Waals surface area contributed by atoms with Crippen molar-refractivity contribution in [1.82, 2.24) is 5.32 Å². The van der Waals surface area contributed by atoms with Crippen molar-refractivity contribution >= 4 is 11.6 Å². The Balaban J connectivity index is 1.72. The van der Waals surface area contributed by atoms with Crippen LogP contribution in [0.25, 0.3) is 0 Å². The Bertz CT molecular complexity index is 554. The van der Waals surface area contributed by atoms with Gasteiger partial charge in [0.2, 0.25) is 0 Å². The first kappa shape index (κ1) is 20.6. The average molecular weight is 363 g/mol. The molecule has 2 rings (SSSR count). The second kappa shape index (κ2) is 10.4. The maximum atomic E-state index is 12.3. The number of carbonyl (C=O) groups is 1. The molecule has 1 aliphatic heterocycles. The fourth-order valence-corrected chi connectivity index (χ4v) is 3.59. The van der Waals surface area contributed by atoms with Gasteiger partial charge in [-0.25, -0.2) is 0 Å². The lowest BCUT2D eigenvalue weighted by Gasteiger charge is -2.34. The Morgan fingerprint density at radius 2 is 1.88 bits per heavy atom. The molecule has 1 saturated heterocycles. The number of quaternary nitrogens is 1. The molecule has 5 nitrogen and oxygen atoms in total. The van der Waals surface area contributed by atoms with Gasteiger partial charge in [0.25, 0.3) is 5.91 Å². The third-order valence-electron chi connectivity index (χ3n) is 5.13. The summed E-state index contributed by atoms with van der Waals surface area (Å²) in [6.45, 7) is 11.1. The van der Waals surface area contributed by atoms with Crippen LogP contribution in [-0.2, 0) is 4.79 Å². The normalized spacial score (nSPS) is 16.6. The fraction of sp³-hybridized carbons (Fsp3) is 0.667. The van der Waals surface area contributed by atoms with Crippen molar-refractivity contribution in [2.45, 2.75) is 46.1 Å². The molecule has 2 N–H and O–H groups in total. The molecule has 0 radical (unpaired) electrons. The number of nitrogens with zero attached hydrogens (tertiary/aromatic N) is 1. The highest BCUT2D eigenvalue weighted by Crippen LogP contribution is 2.27. The average Bonchev–Trinajstić information content (AvgIpc) is 2.62. The van der Waals surface area contributed by atoms with Crippen LogP contribution in [0.15, 0.2) is 24.3 Å². The topological polar surface area (TPSA) is 46.0 Å². The first-order valence-electron chi connectivity index (χ1n) is 10.0. The Hall–Kier alpha value is -1.75. The summed E-state index contributed by atoms with van der Waals surface area (Å²) in [6.07, 6.45) is 3.49. The van der Waals surface area contributed by atoms with Crippen molar-refractivity contribution in [3.05, 3.63) is 24.3 Å². The summed E-state index contributed by atoms with van der Waals surface area (Å²) in [4.78, 5) is 16.0. The molecule has 0 bridgehead atoms. The molecule has 1 aromatic rings. The van der Waals surface area contributed by atoms with Crippen LogP contribution in [0, 0.1) is 5.92 Å². The number of rotatable bonds is 9. The number of amides is 1. The van der Waals surface area contributed by atoms with E-state index in [4.69, 9.17) is 4.74 Å². The molecule has 1 fully saturated rings.